The lowest BCUT2D eigenvalue weighted by atomic mass is 9.98. The lowest BCUT2D eigenvalue weighted by molar-refractivity contribution is 0.0278. The number of benzene rings is 1. The maximum Gasteiger partial charge on any atom is 0.410 e. The van der Waals surface area contributed by atoms with Crippen LogP contribution in [0.5, 0.6) is 5.75 Å². The Bertz CT molecular complexity index is 1360. The molecule has 0 bridgehead atoms. The fourth-order valence-corrected chi connectivity index (χ4v) is 3.74. The molecule has 0 aliphatic carbocycles. The number of pyridine rings is 2. The Labute approximate surface area is 203 Å². The number of halogens is 1. The van der Waals surface area contributed by atoms with Crippen molar-refractivity contribution in [1.82, 2.24) is 19.9 Å². The largest absolute Gasteiger partial charge is 0.489 e. The maximum atomic E-state index is 15.0. The van der Waals surface area contributed by atoms with Gasteiger partial charge in [-0.3, -0.25) is 9.97 Å². The van der Waals surface area contributed by atoms with Gasteiger partial charge >= 0.3 is 6.09 Å². The molecule has 0 radical (unpaired) electrons. The molecule has 4 rings (SSSR count). The Kier molecular flexibility index (Phi) is 6.73. The minimum Gasteiger partial charge on any atom is -0.489 e. The summed E-state index contributed by atoms with van der Waals surface area (Å²) in [6.07, 6.45) is 4.53. The second-order valence-electron chi connectivity index (χ2n) is 9.38. The molecule has 0 aliphatic rings. The number of hydrogen-bond acceptors (Lipinski definition) is 5. The fourth-order valence-electron chi connectivity index (χ4n) is 3.74. The third-order valence-electron chi connectivity index (χ3n) is 5.39. The molecule has 0 fully saturated rings. The third-order valence-corrected chi connectivity index (χ3v) is 5.39. The number of amides is 1. The van der Waals surface area contributed by atoms with E-state index in [1.54, 1.807) is 31.7 Å². The second-order valence-corrected chi connectivity index (χ2v) is 9.38. The van der Waals surface area contributed by atoms with Crippen LogP contribution >= 0.6 is 0 Å². The van der Waals surface area contributed by atoms with Crippen LogP contribution in [0.4, 0.5) is 9.18 Å². The first-order valence-corrected chi connectivity index (χ1v) is 11.4. The molecule has 0 saturated heterocycles. The van der Waals surface area contributed by atoms with Crippen LogP contribution in [0.25, 0.3) is 33.4 Å². The van der Waals surface area contributed by atoms with Gasteiger partial charge in [-0.1, -0.05) is 11.6 Å². The number of aryl methyl sites for hydroxylation is 1. The van der Waals surface area contributed by atoms with Crippen LogP contribution in [0.3, 0.4) is 0 Å². The average Bonchev–Trinajstić information content (AvgIpc) is 3.19. The lowest BCUT2D eigenvalue weighted by Crippen LogP contribution is -2.36. The molecular formula is C27H29FN4O3. The summed E-state index contributed by atoms with van der Waals surface area (Å²) in [5.41, 5.74) is 4.32. The number of carbonyl (C=O) groups is 1. The smallest absolute Gasteiger partial charge is 0.410 e. The molecule has 182 valence electrons. The molecule has 7 nitrogen and oxygen atoms in total. The number of nitrogens with zero attached hydrogens (tertiary/aromatic N) is 3. The van der Waals surface area contributed by atoms with Crippen molar-refractivity contribution in [2.45, 2.75) is 33.3 Å². The summed E-state index contributed by atoms with van der Waals surface area (Å²) >= 11 is 0. The van der Waals surface area contributed by atoms with Crippen LogP contribution in [0, 0.1) is 12.7 Å². The molecule has 4 aromatic rings. The first kappa shape index (κ1) is 24.2. The minimum absolute atomic E-state index is 0.223. The van der Waals surface area contributed by atoms with Crippen LogP contribution < -0.4 is 4.74 Å². The zero-order valence-corrected chi connectivity index (χ0v) is 20.6. The van der Waals surface area contributed by atoms with Gasteiger partial charge in [-0.2, -0.15) is 0 Å². The molecule has 0 aliphatic heterocycles. The highest BCUT2D eigenvalue weighted by Gasteiger charge is 2.22. The minimum atomic E-state index is -0.576. The molecule has 0 unspecified atom stereocenters. The summed E-state index contributed by atoms with van der Waals surface area (Å²) < 4.78 is 26.4. The van der Waals surface area contributed by atoms with Gasteiger partial charge in [0.25, 0.3) is 0 Å². The van der Waals surface area contributed by atoms with E-state index in [2.05, 4.69) is 15.0 Å². The molecule has 3 aromatic heterocycles. The highest BCUT2D eigenvalue weighted by molar-refractivity contribution is 6.02. The number of rotatable bonds is 6. The van der Waals surface area contributed by atoms with Crippen LogP contribution in [-0.4, -0.2) is 51.7 Å². The third kappa shape index (κ3) is 5.42. The van der Waals surface area contributed by atoms with Crippen LogP contribution in [0.15, 0.2) is 55.0 Å². The first-order valence-electron chi connectivity index (χ1n) is 11.4. The molecule has 0 atom stereocenters. The number of likely N-dealkylation sites (N-methyl/N-ethyl adjacent to an activating group) is 1. The van der Waals surface area contributed by atoms with Crippen molar-refractivity contribution in [3.63, 3.8) is 0 Å². The quantitative estimate of drug-likeness (QED) is 0.370. The first-order chi connectivity index (χ1) is 16.6. The predicted molar refractivity (Wildman–Crippen MR) is 134 cm³/mol. The van der Waals surface area contributed by atoms with Crippen molar-refractivity contribution in [1.29, 1.82) is 0 Å². The van der Waals surface area contributed by atoms with Crippen molar-refractivity contribution in [3.05, 3.63) is 66.4 Å². The fraction of sp³-hybridized carbons (Fsp3) is 0.296. The van der Waals surface area contributed by atoms with Gasteiger partial charge in [0.05, 0.1) is 29.5 Å². The molecule has 0 saturated carbocycles. The lowest BCUT2D eigenvalue weighted by Gasteiger charge is -2.24. The highest BCUT2D eigenvalue weighted by atomic mass is 19.1. The summed E-state index contributed by atoms with van der Waals surface area (Å²) in [5.74, 6) is 0.171. The van der Waals surface area contributed by atoms with E-state index >= 15 is 4.39 Å². The van der Waals surface area contributed by atoms with Crippen molar-refractivity contribution < 1.29 is 18.7 Å². The number of ether oxygens (including phenoxy) is 2. The SMILES string of the molecule is Cc1ccc(F)c(-c2c(-c3ccncc3OCCN(C)C(=O)OC(C)(C)C)[nH]c3cccnc23)c1. The zero-order valence-electron chi connectivity index (χ0n) is 20.6. The highest BCUT2D eigenvalue weighted by Crippen LogP contribution is 2.41. The van der Waals surface area contributed by atoms with Crippen molar-refractivity contribution in [2.24, 2.45) is 0 Å². The van der Waals surface area contributed by atoms with Crippen LogP contribution in [0.2, 0.25) is 0 Å². The Morgan fingerprint density at radius 3 is 2.71 bits per heavy atom. The van der Waals surface area contributed by atoms with E-state index < -0.39 is 11.7 Å². The van der Waals surface area contributed by atoms with Gasteiger partial charge in [0.15, 0.2) is 0 Å². The molecular weight excluding hydrogens is 447 g/mol. The molecule has 3 heterocycles. The van der Waals surface area contributed by atoms with Gasteiger partial charge in [-0.25, -0.2) is 9.18 Å². The number of hydrogen-bond donors (Lipinski definition) is 1. The van der Waals surface area contributed by atoms with E-state index in [1.165, 1.54) is 11.0 Å². The van der Waals surface area contributed by atoms with Gasteiger partial charge in [0.2, 0.25) is 0 Å². The molecule has 8 heteroatoms. The van der Waals surface area contributed by atoms with Gasteiger partial charge in [-0.05, 0) is 58.0 Å². The number of aromatic amines is 1. The van der Waals surface area contributed by atoms with Gasteiger partial charge in [0.1, 0.15) is 23.8 Å². The number of nitrogens with one attached hydrogen (secondary N) is 1. The molecule has 0 spiro atoms. The topological polar surface area (TPSA) is 80.3 Å². The van der Waals surface area contributed by atoms with Crippen molar-refractivity contribution in [2.75, 3.05) is 20.2 Å². The van der Waals surface area contributed by atoms with E-state index in [9.17, 15) is 4.79 Å². The summed E-state index contributed by atoms with van der Waals surface area (Å²) in [6.45, 7) is 7.92. The number of fused-ring (bicyclic) bond motifs is 1. The summed E-state index contributed by atoms with van der Waals surface area (Å²) in [4.78, 5) is 25.8. The average molecular weight is 477 g/mol. The molecule has 1 amide bonds. The Morgan fingerprint density at radius 1 is 1.14 bits per heavy atom. The van der Waals surface area contributed by atoms with Gasteiger partial charge in [0, 0.05) is 36.1 Å². The normalized spacial score (nSPS) is 11.5. The van der Waals surface area contributed by atoms with Crippen molar-refractivity contribution in [3.8, 4) is 28.1 Å². The molecule has 35 heavy (non-hydrogen) atoms. The van der Waals surface area contributed by atoms with Crippen molar-refractivity contribution >= 4 is 17.1 Å². The Hall–Kier alpha value is -3.94. The maximum absolute atomic E-state index is 15.0. The van der Waals surface area contributed by atoms with E-state index in [-0.39, 0.29) is 12.4 Å². The van der Waals surface area contributed by atoms with E-state index in [0.29, 0.717) is 40.2 Å². The number of carbonyl (C=O) groups excluding carboxylic acids is 1. The second kappa shape index (κ2) is 9.74. The molecule has 1 N–H and O–H groups in total. The summed E-state index contributed by atoms with van der Waals surface area (Å²) in [5, 5.41) is 0. The summed E-state index contributed by atoms with van der Waals surface area (Å²) in [7, 11) is 1.66. The van der Waals surface area contributed by atoms with Gasteiger partial charge in [-0.15, -0.1) is 0 Å². The van der Waals surface area contributed by atoms with Crippen LogP contribution in [-0.2, 0) is 4.74 Å². The van der Waals surface area contributed by atoms with E-state index in [0.717, 1.165) is 11.1 Å². The monoisotopic (exact) mass is 476 g/mol. The number of H-pyrrole nitrogens is 1. The standard InChI is InChI=1S/C27H29FN4O3/c1-17-8-9-20(28)19(15-17)23-24(31-21-7-6-11-30-25(21)23)18-10-12-29-16-22(18)34-14-13-32(5)26(33)35-27(2,3)4/h6-12,15-16,31H,13-14H2,1-5H3. The van der Waals surface area contributed by atoms with E-state index in [1.807, 2.05) is 52.0 Å². The van der Waals surface area contributed by atoms with Gasteiger partial charge < -0.3 is 19.4 Å². The van der Waals surface area contributed by atoms with E-state index in [4.69, 9.17) is 9.47 Å². The zero-order chi connectivity index (χ0) is 25.2. The molecule has 1 aromatic carbocycles. The Balaban J connectivity index is 1.67. The number of aromatic nitrogens is 3. The summed E-state index contributed by atoms with van der Waals surface area (Å²) in [6, 6.07) is 10.6. The van der Waals surface area contributed by atoms with Crippen LogP contribution in [0.1, 0.15) is 26.3 Å². The Morgan fingerprint density at radius 2 is 1.94 bits per heavy atom. The predicted octanol–water partition coefficient (Wildman–Crippen LogP) is 5.99.